The van der Waals surface area contributed by atoms with Crippen molar-refractivity contribution >= 4 is 23.2 Å². The van der Waals surface area contributed by atoms with Gasteiger partial charge in [-0.05, 0) is 30.5 Å². The number of hydrogen-bond acceptors (Lipinski definition) is 6. The number of carbonyl (C=O) groups is 2. The molecule has 0 saturated heterocycles. The summed E-state index contributed by atoms with van der Waals surface area (Å²) in [7, 11) is 0. The Morgan fingerprint density at radius 3 is 2.77 bits per heavy atom. The van der Waals surface area contributed by atoms with E-state index in [1.54, 1.807) is 48.6 Å². The van der Waals surface area contributed by atoms with Crippen LogP contribution in [0.1, 0.15) is 29.4 Å². The lowest BCUT2D eigenvalue weighted by molar-refractivity contribution is -0.145. The molecular formula is C19H18N2O4S. The molecule has 3 rings (SSSR count). The van der Waals surface area contributed by atoms with Gasteiger partial charge in [0.05, 0.1) is 11.3 Å². The van der Waals surface area contributed by atoms with Gasteiger partial charge in [0.25, 0.3) is 5.91 Å². The van der Waals surface area contributed by atoms with Crippen LogP contribution in [0, 0.1) is 0 Å². The molecule has 1 unspecified atom stereocenters. The molecule has 2 aromatic heterocycles. The number of hydrogen-bond donors (Lipinski definition) is 1. The Balaban J connectivity index is 1.44. The van der Waals surface area contributed by atoms with E-state index in [0.717, 1.165) is 4.88 Å². The van der Waals surface area contributed by atoms with Gasteiger partial charge in [-0.1, -0.05) is 29.4 Å². The number of ether oxygens (including phenoxy) is 1. The van der Waals surface area contributed by atoms with E-state index < -0.39 is 5.97 Å². The summed E-state index contributed by atoms with van der Waals surface area (Å²) in [5.41, 5.74) is 1.10. The molecule has 0 bridgehead atoms. The largest absolute Gasteiger partial charge is 0.459 e. The Kier molecular flexibility index (Phi) is 5.80. The molecule has 1 atom stereocenters. The summed E-state index contributed by atoms with van der Waals surface area (Å²) in [6.07, 6.45) is 0.0776. The van der Waals surface area contributed by atoms with Gasteiger partial charge in [0.2, 0.25) is 0 Å². The van der Waals surface area contributed by atoms with Crippen LogP contribution in [-0.4, -0.2) is 23.1 Å². The number of nitrogens with zero attached hydrogens (tertiary/aromatic N) is 1. The molecule has 0 aliphatic carbocycles. The Labute approximate surface area is 154 Å². The molecule has 1 amide bonds. The molecule has 1 aromatic carbocycles. The van der Waals surface area contributed by atoms with E-state index in [-0.39, 0.29) is 25.0 Å². The molecule has 0 spiro atoms. The molecule has 1 N–H and O–H groups in total. The Morgan fingerprint density at radius 2 is 2.04 bits per heavy atom. The highest BCUT2D eigenvalue weighted by molar-refractivity contribution is 7.13. The summed E-state index contributed by atoms with van der Waals surface area (Å²) >= 11 is 1.54. The van der Waals surface area contributed by atoms with Gasteiger partial charge in [0, 0.05) is 17.7 Å². The zero-order valence-corrected chi connectivity index (χ0v) is 15.0. The van der Waals surface area contributed by atoms with Crippen LogP contribution in [0.3, 0.4) is 0 Å². The SMILES string of the molecule is CC(CC(=O)OCc1cc(-c2cccs2)on1)NC(=O)c1ccccc1. The van der Waals surface area contributed by atoms with Crippen LogP contribution < -0.4 is 5.32 Å². The van der Waals surface area contributed by atoms with E-state index >= 15 is 0 Å². The number of carbonyl (C=O) groups excluding carboxylic acids is 2. The van der Waals surface area contributed by atoms with Crippen molar-refractivity contribution in [1.82, 2.24) is 10.5 Å². The minimum absolute atomic E-state index is 0.0348. The van der Waals surface area contributed by atoms with Crippen molar-refractivity contribution in [1.29, 1.82) is 0 Å². The van der Waals surface area contributed by atoms with Crippen molar-refractivity contribution in [2.24, 2.45) is 0 Å². The maximum Gasteiger partial charge on any atom is 0.308 e. The van der Waals surface area contributed by atoms with Crippen molar-refractivity contribution in [2.75, 3.05) is 0 Å². The van der Waals surface area contributed by atoms with Gasteiger partial charge in [0.15, 0.2) is 5.76 Å². The first-order valence-corrected chi connectivity index (χ1v) is 9.01. The van der Waals surface area contributed by atoms with Crippen LogP contribution in [0.4, 0.5) is 0 Å². The summed E-state index contributed by atoms with van der Waals surface area (Å²) in [6.45, 7) is 1.79. The quantitative estimate of drug-likeness (QED) is 0.642. The van der Waals surface area contributed by atoms with Crippen LogP contribution in [0.25, 0.3) is 10.6 Å². The Hall–Kier alpha value is -2.93. The minimum Gasteiger partial charge on any atom is -0.459 e. The lowest BCUT2D eigenvalue weighted by Crippen LogP contribution is -2.34. The number of amides is 1. The molecule has 134 valence electrons. The summed E-state index contributed by atoms with van der Waals surface area (Å²) < 4.78 is 10.4. The Bertz CT molecular complexity index is 859. The first-order chi connectivity index (χ1) is 12.6. The van der Waals surface area contributed by atoms with Crippen molar-refractivity contribution < 1.29 is 18.8 Å². The molecule has 26 heavy (non-hydrogen) atoms. The van der Waals surface area contributed by atoms with E-state index in [9.17, 15) is 9.59 Å². The summed E-state index contributed by atoms with van der Waals surface area (Å²) in [5, 5.41) is 8.62. The normalized spacial score (nSPS) is 11.7. The summed E-state index contributed by atoms with van der Waals surface area (Å²) in [4.78, 5) is 25.0. The van der Waals surface area contributed by atoms with Gasteiger partial charge in [-0.2, -0.15) is 0 Å². The van der Waals surface area contributed by atoms with Crippen LogP contribution in [0.5, 0.6) is 0 Å². The number of thiophene rings is 1. The molecule has 0 aliphatic heterocycles. The second-order valence-corrected chi connectivity index (χ2v) is 6.71. The van der Waals surface area contributed by atoms with Gasteiger partial charge >= 0.3 is 5.97 Å². The zero-order chi connectivity index (χ0) is 18.4. The van der Waals surface area contributed by atoms with Crippen LogP contribution >= 0.6 is 11.3 Å². The first-order valence-electron chi connectivity index (χ1n) is 8.13. The third-order valence-corrected chi connectivity index (χ3v) is 4.47. The molecule has 6 nitrogen and oxygen atoms in total. The number of aromatic nitrogens is 1. The van der Waals surface area contributed by atoms with Crippen molar-refractivity contribution in [3.8, 4) is 10.6 Å². The van der Waals surface area contributed by atoms with E-state index in [1.165, 1.54) is 0 Å². The number of benzene rings is 1. The van der Waals surface area contributed by atoms with Gasteiger partial charge < -0.3 is 14.6 Å². The fourth-order valence-electron chi connectivity index (χ4n) is 2.33. The lowest BCUT2D eigenvalue weighted by Gasteiger charge is -2.13. The van der Waals surface area contributed by atoms with Crippen molar-refractivity contribution in [2.45, 2.75) is 26.0 Å². The average Bonchev–Trinajstić information content (AvgIpc) is 3.32. The van der Waals surface area contributed by atoms with Crippen molar-refractivity contribution in [3.05, 3.63) is 65.2 Å². The van der Waals surface area contributed by atoms with Crippen LogP contribution in [0.15, 0.2) is 58.4 Å². The third kappa shape index (κ3) is 4.80. The van der Waals surface area contributed by atoms with Gasteiger partial charge in [-0.15, -0.1) is 11.3 Å². The van der Waals surface area contributed by atoms with E-state index in [2.05, 4.69) is 10.5 Å². The highest BCUT2D eigenvalue weighted by Gasteiger charge is 2.15. The highest BCUT2D eigenvalue weighted by atomic mass is 32.1. The lowest BCUT2D eigenvalue weighted by atomic mass is 10.2. The summed E-state index contributed by atoms with van der Waals surface area (Å²) in [6, 6.07) is 14.1. The number of nitrogens with one attached hydrogen (secondary N) is 1. The van der Waals surface area contributed by atoms with Gasteiger partial charge in [-0.3, -0.25) is 9.59 Å². The molecule has 2 heterocycles. The molecule has 0 radical (unpaired) electrons. The minimum atomic E-state index is -0.411. The van der Waals surface area contributed by atoms with Gasteiger partial charge in [0.1, 0.15) is 12.3 Å². The zero-order valence-electron chi connectivity index (χ0n) is 14.2. The monoisotopic (exact) mass is 370 g/mol. The third-order valence-electron chi connectivity index (χ3n) is 3.59. The van der Waals surface area contributed by atoms with E-state index in [1.807, 2.05) is 23.6 Å². The summed E-state index contributed by atoms with van der Waals surface area (Å²) in [5.74, 6) is 0.0177. The van der Waals surface area contributed by atoms with Gasteiger partial charge in [-0.25, -0.2) is 0 Å². The molecule has 7 heteroatoms. The Morgan fingerprint density at radius 1 is 1.23 bits per heavy atom. The average molecular weight is 370 g/mol. The fraction of sp³-hybridized carbons (Fsp3) is 0.211. The smallest absolute Gasteiger partial charge is 0.308 e. The maximum absolute atomic E-state index is 12.0. The fourth-order valence-corrected chi connectivity index (χ4v) is 3.00. The van der Waals surface area contributed by atoms with Crippen LogP contribution in [-0.2, 0) is 16.1 Å². The second-order valence-electron chi connectivity index (χ2n) is 5.77. The second kappa shape index (κ2) is 8.44. The maximum atomic E-state index is 12.0. The van der Waals surface area contributed by atoms with Crippen LogP contribution in [0.2, 0.25) is 0 Å². The first kappa shape index (κ1) is 17.9. The van der Waals surface area contributed by atoms with E-state index in [0.29, 0.717) is 17.0 Å². The topological polar surface area (TPSA) is 81.4 Å². The molecule has 3 aromatic rings. The molecular weight excluding hydrogens is 352 g/mol. The molecule has 0 saturated carbocycles. The predicted molar refractivity (Wildman–Crippen MR) is 97.6 cm³/mol. The number of esters is 1. The molecule has 0 fully saturated rings. The van der Waals surface area contributed by atoms with E-state index in [4.69, 9.17) is 9.26 Å². The number of rotatable bonds is 7. The van der Waals surface area contributed by atoms with Crippen molar-refractivity contribution in [3.63, 3.8) is 0 Å². The molecule has 0 aliphatic rings. The highest BCUT2D eigenvalue weighted by Crippen LogP contribution is 2.25. The standard InChI is InChI=1S/C19H18N2O4S/c1-13(20-19(23)14-6-3-2-4-7-14)10-18(22)24-12-15-11-16(25-21-15)17-8-5-9-26-17/h2-9,11,13H,10,12H2,1H3,(H,20,23). The predicted octanol–water partition coefficient (Wildman–Crippen LogP) is 3.65.